The van der Waals surface area contributed by atoms with Gasteiger partial charge in [0.15, 0.2) is 0 Å². The molecule has 0 bridgehead atoms. The molecule has 1 aliphatic heterocycles. The maximum Gasteiger partial charge on any atom is 0.226 e. The van der Waals surface area contributed by atoms with Crippen molar-refractivity contribution in [1.29, 1.82) is 5.26 Å². The monoisotopic (exact) mass is 310 g/mol. The standard InChI is InChI=1S/C15H18N8/c1-22(2)14-17-7-4-13(21-14)19-12-5-8-23(10-12)15-18-6-3-11(9-16)20-15/h3-4,6-7,12H,5,8,10H2,1-2H3,(H,17,19,21). The van der Waals surface area contributed by atoms with Gasteiger partial charge in [-0.15, -0.1) is 0 Å². The number of nitrogens with zero attached hydrogens (tertiary/aromatic N) is 7. The molecule has 1 unspecified atom stereocenters. The first-order valence-electron chi connectivity index (χ1n) is 7.40. The highest BCUT2D eigenvalue weighted by Gasteiger charge is 2.24. The normalized spacial score (nSPS) is 16.9. The van der Waals surface area contributed by atoms with E-state index < -0.39 is 0 Å². The lowest BCUT2D eigenvalue weighted by atomic mass is 10.2. The Balaban J connectivity index is 1.66. The Morgan fingerprint density at radius 1 is 1.26 bits per heavy atom. The van der Waals surface area contributed by atoms with Gasteiger partial charge in [-0.3, -0.25) is 0 Å². The first-order valence-corrected chi connectivity index (χ1v) is 7.40. The molecule has 8 nitrogen and oxygen atoms in total. The fourth-order valence-corrected chi connectivity index (χ4v) is 2.48. The maximum atomic E-state index is 8.93. The van der Waals surface area contributed by atoms with Crippen LogP contribution in [0.3, 0.4) is 0 Å². The fourth-order valence-electron chi connectivity index (χ4n) is 2.48. The third kappa shape index (κ3) is 3.45. The van der Waals surface area contributed by atoms with E-state index >= 15 is 0 Å². The lowest BCUT2D eigenvalue weighted by Crippen LogP contribution is -2.27. The van der Waals surface area contributed by atoms with Crippen molar-refractivity contribution in [2.75, 3.05) is 42.3 Å². The summed E-state index contributed by atoms with van der Waals surface area (Å²) >= 11 is 0. The molecule has 2 aromatic heterocycles. The molecule has 1 N–H and O–H groups in total. The third-order valence-corrected chi connectivity index (χ3v) is 3.62. The zero-order chi connectivity index (χ0) is 16.2. The molecule has 23 heavy (non-hydrogen) atoms. The van der Waals surface area contributed by atoms with Gasteiger partial charge in [0.1, 0.15) is 17.6 Å². The molecule has 0 spiro atoms. The van der Waals surface area contributed by atoms with E-state index in [0.717, 1.165) is 25.3 Å². The number of aromatic nitrogens is 4. The summed E-state index contributed by atoms with van der Waals surface area (Å²) in [6.07, 6.45) is 4.33. The Hall–Kier alpha value is -2.95. The van der Waals surface area contributed by atoms with Gasteiger partial charge in [-0.25, -0.2) is 15.0 Å². The topological polar surface area (TPSA) is 93.9 Å². The van der Waals surface area contributed by atoms with Gasteiger partial charge >= 0.3 is 0 Å². The van der Waals surface area contributed by atoms with Crippen molar-refractivity contribution in [2.24, 2.45) is 0 Å². The van der Waals surface area contributed by atoms with Crippen molar-refractivity contribution in [3.05, 3.63) is 30.2 Å². The maximum absolute atomic E-state index is 8.93. The number of rotatable bonds is 4. The van der Waals surface area contributed by atoms with Gasteiger partial charge in [0, 0.05) is 45.6 Å². The third-order valence-electron chi connectivity index (χ3n) is 3.62. The van der Waals surface area contributed by atoms with Crippen LogP contribution in [-0.4, -0.2) is 53.2 Å². The summed E-state index contributed by atoms with van der Waals surface area (Å²) in [5, 5.41) is 12.4. The number of nitrogens with one attached hydrogen (secondary N) is 1. The van der Waals surface area contributed by atoms with E-state index in [1.165, 1.54) is 0 Å². The van der Waals surface area contributed by atoms with Crippen LogP contribution in [0.4, 0.5) is 17.7 Å². The molecule has 0 aliphatic carbocycles. The molecule has 0 saturated carbocycles. The van der Waals surface area contributed by atoms with Crippen LogP contribution in [0.25, 0.3) is 0 Å². The molecule has 8 heteroatoms. The Morgan fingerprint density at radius 2 is 2.09 bits per heavy atom. The molecule has 1 fully saturated rings. The minimum atomic E-state index is 0.259. The van der Waals surface area contributed by atoms with Gasteiger partial charge in [-0.05, 0) is 18.6 Å². The summed E-state index contributed by atoms with van der Waals surface area (Å²) in [6, 6.07) is 5.78. The first-order chi connectivity index (χ1) is 11.2. The summed E-state index contributed by atoms with van der Waals surface area (Å²) in [5.74, 6) is 2.09. The van der Waals surface area contributed by atoms with Crippen molar-refractivity contribution in [2.45, 2.75) is 12.5 Å². The number of hydrogen-bond donors (Lipinski definition) is 1. The predicted octanol–water partition coefficient (Wildman–Crippen LogP) is 0.895. The average molecular weight is 310 g/mol. The van der Waals surface area contributed by atoms with Gasteiger partial charge in [0.05, 0.1) is 0 Å². The number of hydrogen-bond acceptors (Lipinski definition) is 8. The van der Waals surface area contributed by atoms with Gasteiger partial charge in [0.25, 0.3) is 0 Å². The molecule has 2 aromatic rings. The van der Waals surface area contributed by atoms with Crippen LogP contribution in [0.15, 0.2) is 24.5 Å². The number of anilines is 3. The fraction of sp³-hybridized carbons (Fsp3) is 0.400. The molecule has 3 rings (SSSR count). The SMILES string of the molecule is CN(C)c1nccc(NC2CCN(c3nccc(C#N)n3)C2)n1. The highest BCUT2D eigenvalue weighted by molar-refractivity contribution is 5.43. The summed E-state index contributed by atoms with van der Waals surface area (Å²) in [4.78, 5) is 21.1. The second-order valence-electron chi connectivity index (χ2n) is 5.57. The highest BCUT2D eigenvalue weighted by Crippen LogP contribution is 2.19. The molecule has 3 heterocycles. The van der Waals surface area contributed by atoms with Crippen molar-refractivity contribution in [3.8, 4) is 6.07 Å². The second-order valence-corrected chi connectivity index (χ2v) is 5.57. The van der Waals surface area contributed by atoms with Crippen LogP contribution in [0.2, 0.25) is 0 Å². The van der Waals surface area contributed by atoms with Crippen LogP contribution in [0.5, 0.6) is 0 Å². The van der Waals surface area contributed by atoms with Crippen LogP contribution < -0.4 is 15.1 Å². The molecular formula is C15H18N8. The summed E-state index contributed by atoms with van der Waals surface area (Å²) < 4.78 is 0. The van der Waals surface area contributed by atoms with Gasteiger partial charge < -0.3 is 15.1 Å². The molecule has 118 valence electrons. The van der Waals surface area contributed by atoms with E-state index in [-0.39, 0.29) is 6.04 Å². The van der Waals surface area contributed by atoms with E-state index in [1.807, 2.05) is 31.1 Å². The molecule has 0 radical (unpaired) electrons. The molecule has 1 aliphatic rings. The van der Waals surface area contributed by atoms with Crippen molar-refractivity contribution >= 4 is 17.7 Å². The molecule has 1 atom stereocenters. The lowest BCUT2D eigenvalue weighted by Gasteiger charge is -2.17. The van der Waals surface area contributed by atoms with Crippen LogP contribution >= 0.6 is 0 Å². The predicted molar refractivity (Wildman–Crippen MR) is 87.3 cm³/mol. The van der Waals surface area contributed by atoms with E-state index in [1.54, 1.807) is 18.5 Å². The molecular weight excluding hydrogens is 292 g/mol. The second kappa shape index (κ2) is 6.44. The zero-order valence-corrected chi connectivity index (χ0v) is 13.1. The van der Waals surface area contributed by atoms with E-state index in [4.69, 9.17) is 5.26 Å². The van der Waals surface area contributed by atoms with Crippen molar-refractivity contribution in [3.63, 3.8) is 0 Å². The Morgan fingerprint density at radius 3 is 2.87 bits per heavy atom. The average Bonchev–Trinajstić information content (AvgIpc) is 3.03. The number of nitriles is 1. The summed E-state index contributed by atoms with van der Waals surface area (Å²) in [7, 11) is 3.83. The van der Waals surface area contributed by atoms with E-state index in [0.29, 0.717) is 17.6 Å². The van der Waals surface area contributed by atoms with E-state index in [2.05, 4.69) is 30.2 Å². The van der Waals surface area contributed by atoms with Crippen molar-refractivity contribution in [1.82, 2.24) is 19.9 Å². The van der Waals surface area contributed by atoms with Gasteiger partial charge in [-0.2, -0.15) is 10.2 Å². The molecule has 0 amide bonds. The quantitative estimate of drug-likeness (QED) is 0.890. The smallest absolute Gasteiger partial charge is 0.226 e. The molecule has 0 aromatic carbocycles. The minimum Gasteiger partial charge on any atom is -0.365 e. The van der Waals surface area contributed by atoms with Crippen molar-refractivity contribution < 1.29 is 0 Å². The van der Waals surface area contributed by atoms with Crippen LogP contribution in [0.1, 0.15) is 12.1 Å². The van der Waals surface area contributed by atoms with E-state index in [9.17, 15) is 0 Å². The largest absolute Gasteiger partial charge is 0.365 e. The molecule has 1 saturated heterocycles. The lowest BCUT2D eigenvalue weighted by molar-refractivity contribution is 0.795. The highest BCUT2D eigenvalue weighted by atomic mass is 15.3. The minimum absolute atomic E-state index is 0.259. The Kier molecular flexibility index (Phi) is 4.19. The Bertz CT molecular complexity index is 723. The van der Waals surface area contributed by atoms with Crippen LogP contribution in [-0.2, 0) is 0 Å². The van der Waals surface area contributed by atoms with Crippen LogP contribution in [0, 0.1) is 11.3 Å². The summed E-state index contributed by atoms with van der Waals surface area (Å²) in [6.45, 7) is 1.62. The Labute approximate surface area is 134 Å². The first kappa shape index (κ1) is 15.0. The van der Waals surface area contributed by atoms with Gasteiger partial charge in [0.2, 0.25) is 11.9 Å². The zero-order valence-electron chi connectivity index (χ0n) is 13.1. The van der Waals surface area contributed by atoms with Gasteiger partial charge in [-0.1, -0.05) is 0 Å². The summed E-state index contributed by atoms with van der Waals surface area (Å²) in [5.41, 5.74) is 0.387.